The van der Waals surface area contributed by atoms with Gasteiger partial charge < -0.3 is 15.3 Å². The fourth-order valence-electron chi connectivity index (χ4n) is 1.27. The second-order valence-electron chi connectivity index (χ2n) is 3.31. The molecule has 0 atom stereocenters. The van der Waals surface area contributed by atoms with Crippen molar-refractivity contribution < 1.29 is 9.84 Å². The number of anilines is 1. The molecule has 1 aromatic rings. The Hall–Kier alpha value is -1.40. The number of aliphatic hydroxyl groups is 1. The van der Waals surface area contributed by atoms with Crippen LogP contribution in [-0.2, 0) is 0 Å². The van der Waals surface area contributed by atoms with Gasteiger partial charge in [-0.05, 0) is 5.92 Å². The molecule has 84 valence electrons. The molecule has 0 radical (unpaired) electrons. The Labute approximate surface area is 88.5 Å². The van der Waals surface area contributed by atoms with E-state index in [1.165, 1.54) is 6.33 Å². The van der Waals surface area contributed by atoms with Gasteiger partial charge in [-0.2, -0.15) is 0 Å². The van der Waals surface area contributed by atoms with Gasteiger partial charge in [0.05, 0.1) is 12.2 Å². The Morgan fingerprint density at radius 3 is 2.80 bits per heavy atom. The normalized spacial score (nSPS) is 10.5. The largest absolute Gasteiger partial charge is 0.475 e. The molecule has 0 spiro atoms. The quantitative estimate of drug-likeness (QED) is 0.478. The van der Waals surface area contributed by atoms with Crippen LogP contribution in [-0.4, -0.2) is 28.3 Å². The van der Waals surface area contributed by atoms with E-state index in [-0.39, 0.29) is 19.1 Å². The van der Waals surface area contributed by atoms with Crippen LogP contribution >= 0.6 is 0 Å². The number of nitrogens with zero attached hydrogens (tertiary/aromatic N) is 2. The molecule has 1 rings (SSSR count). The van der Waals surface area contributed by atoms with Gasteiger partial charge in [0.15, 0.2) is 5.82 Å². The minimum atomic E-state index is -0.0487. The average Bonchev–Trinajstić information content (AvgIpc) is 2.25. The third-order valence-corrected chi connectivity index (χ3v) is 1.89. The zero-order valence-electron chi connectivity index (χ0n) is 8.90. The van der Waals surface area contributed by atoms with Gasteiger partial charge >= 0.3 is 0 Å². The van der Waals surface area contributed by atoms with Crippen LogP contribution in [0.1, 0.15) is 25.3 Å². The summed E-state index contributed by atoms with van der Waals surface area (Å²) in [6, 6.07) is 0. The molecule has 1 heterocycles. The van der Waals surface area contributed by atoms with Crippen LogP contribution < -0.4 is 16.0 Å². The Kier molecular flexibility index (Phi) is 4.26. The lowest BCUT2D eigenvalue weighted by atomic mass is 10.1. The van der Waals surface area contributed by atoms with E-state index in [1.807, 2.05) is 13.8 Å². The Morgan fingerprint density at radius 2 is 2.27 bits per heavy atom. The first kappa shape index (κ1) is 11.7. The second-order valence-corrected chi connectivity index (χ2v) is 3.31. The monoisotopic (exact) mass is 212 g/mol. The average molecular weight is 212 g/mol. The Balaban J connectivity index is 3.02. The lowest BCUT2D eigenvalue weighted by Crippen LogP contribution is -2.14. The Morgan fingerprint density at radius 1 is 1.53 bits per heavy atom. The van der Waals surface area contributed by atoms with Crippen molar-refractivity contribution in [2.24, 2.45) is 5.84 Å². The van der Waals surface area contributed by atoms with E-state index in [2.05, 4.69) is 15.4 Å². The first-order valence-electron chi connectivity index (χ1n) is 4.75. The third-order valence-electron chi connectivity index (χ3n) is 1.89. The summed E-state index contributed by atoms with van der Waals surface area (Å²) in [5.74, 6) is 6.54. The van der Waals surface area contributed by atoms with E-state index in [0.717, 1.165) is 5.56 Å². The smallest absolute Gasteiger partial charge is 0.222 e. The van der Waals surface area contributed by atoms with Crippen LogP contribution in [0.4, 0.5) is 5.82 Å². The topological polar surface area (TPSA) is 93.3 Å². The Bertz CT molecular complexity index is 317. The molecular weight excluding hydrogens is 196 g/mol. The lowest BCUT2D eigenvalue weighted by Gasteiger charge is -2.14. The summed E-state index contributed by atoms with van der Waals surface area (Å²) in [4.78, 5) is 8.00. The van der Waals surface area contributed by atoms with Crippen LogP contribution in [0.15, 0.2) is 6.33 Å². The van der Waals surface area contributed by atoms with Crippen LogP contribution in [0.2, 0.25) is 0 Å². The number of nitrogens with two attached hydrogens (primary N) is 1. The summed E-state index contributed by atoms with van der Waals surface area (Å²) in [6.07, 6.45) is 1.37. The molecule has 0 bridgehead atoms. The van der Waals surface area contributed by atoms with E-state index in [4.69, 9.17) is 15.7 Å². The van der Waals surface area contributed by atoms with Gasteiger partial charge in [-0.25, -0.2) is 15.8 Å². The minimum absolute atomic E-state index is 0.0487. The van der Waals surface area contributed by atoms with Gasteiger partial charge in [-0.3, -0.25) is 0 Å². The molecule has 0 saturated heterocycles. The second kappa shape index (κ2) is 5.47. The zero-order chi connectivity index (χ0) is 11.3. The summed E-state index contributed by atoms with van der Waals surface area (Å²) in [6.45, 7) is 4.14. The number of nitrogen functional groups attached to an aromatic ring is 1. The van der Waals surface area contributed by atoms with Gasteiger partial charge in [-0.1, -0.05) is 13.8 Å². The molecule has 0 aliphatic heterocycles. The summed E-state index contributed by atoms with van der Waals surface area (Å²) in [7, 11) is 0. The maximum atomic E-state index is 8.67. The molecule has 0 aliphatic rings. The summed E-state index contributed by atoms with van der Waals surface area (Å²) in [5.41, 5.74) is 3.31. The van der Waals surface area contributed by atoms with Gasteiger partial charge in [0.2, 0.25) is 5.88 Å². The maximum absolute atomic E-state index is 8.67. The van der Waals surface area contributed by atoms with Crippen molar-refractivity contribution in [1.29, 1.82) is 0 Å². The summed E-state index contributed by atoms with van der Waals surface area (Å²) >= 11 is 0. The van der Waals surface area contributed by atoms with Crippen molar-refractivity contribution in [2.75, 3.05) is 18.6 Å². The summed E-state index contributed by atoms with van der Waals surface area (Å²) in [5, 5.41) is 8.67. The van der Waals surface area contributed by atoms with E-state index < -0.39 is 0 Å². The zero-order valence-corrected chi connectivity index (χ0v) is 8.90. The number of rotatable bonds is 5. The SMILES string of the molecule is CC(C)c1c(NN)ncnc1OCCO. The number of hydrogen-bond acceptors (Lipinski definition) is 6. The van der Waals surface area contributed by atoms with Crippen molar-refractivity contribution in [2.45, 2.75) is 19.8 Å². The molecule has 0 saturated carbocycles. The van der Waals surface area contributed by atoms with Gasteiger partial charge in [0.25, 0.3) is 0 Å². The standard InChI is InChI=1S/C9H16N4O2/c1-6(2)7-8(13-10)11-5-12-9(7)15-4-3-14/h5-6,14H,3-4,10H2,1-2H3,(H,11,12,13). The fraction of sp³-hybridized carbons (Fsp3) is 0.556. The molecule has 6 heteroatoms. The van der Waals surface area contributed by atoms with Crippen LogP contribution in [0.25, 0.3) is 0 Å². The van der Waals surface area contributed by atoms with Crippen LogP contribution in [0.3, 0.4) is 0 Å². The van der Waals surface area contributed by atoms with Crippen molar-refractivity contribution in [3.8, 4) is 5.88 Å². The highest BCUT2D eigenvalue weighted by Crippen LogP contribution is 2.29. The number of aromatic nitrogens is 2. The predicted molar refractivity (Wildman–Crippen MR) is 56.5 cm³/mol. The third kappa shape index (κ3) is 2.77. The molecule has 0 aliphatic carbocycles. The molecule has 0 amide bonds. The van der Waals surface area contributed by atoms with Crippen LogP contribution in [0, 0.1) is 0 Å². The first-order chi connectivity index (χ1) is 7.20. The maximum Gasteiger partial charge on any atom is 0.222 e. The molecule has 0 aromatic carbocycles. The van der Waals surface area contributed by atoms with Gasteiger partial charge in [0.1, 0.15) is 12.9 Å². The highest BCUT2D eigenvalue weighted by Gasteiger charge is 2.15. The lowest BCUT2D eigenvalue weighted by molar-refractivity contribution is 0.195. The van der Waals surface area contributed by atoms with Crippen LogP contribution in [0.5, 0.6) is 5.88 Å². The minimum Gasteiger partial charge on any atom is -0.475 e. The first-order valence-corrected chi connectivity index (χ1v) is 4.75. The van der Waals surface area contributed by atoms with Gasteiger partial charge in [-0.15, -0.1) is 0 Å². The fourth-order valence-corrected chi connectivity index (χ4v) is 1.27. The molecular formula is C9H16N4O2. The predicted octanol–water partition coefficient (Wildman–Crippen LogP) is 0.257. The summed E-state index contributed by atoms with van der Waals surface area (Å²) < 4.78 is 5.29. The highest BCUT2D eigenvalue weighted by molar-refractivity contribution is 5.49. The van der Waals surface area contributed by atoms with E-state index in [0.29, 0.717) is 11.7 Å². The van der Waals surface area contributed by atoms with Gasteiger partial charge in [0, 0.05) is 0 Å². The molecule has 1 aromatic heterocycles. The van der Waals surface area contributed by atoms with Crippen molar-refractivity contribution in [3.63, 3.8) is 0 Å². The van der Waals surface area contributed by atoms with E-state index in [9.17, 15) is 0 Å². The number of aliphatic hydroxyl groups excluding tert-OH is 1. The molecule has 15 heavy (non-hydrogen) atoms. The van der Waals surface area contributed by atoms with E-state index in [1.54, 1.807) is 0 Å². The molecule has 4 N–H and O–H groups in total. The van der Waals surface area contributed by atoms with E-state index >= 15 is 0 Å². The highest BCUT2D eigenvalue weighted by atomic mass is 16.5. The van der Waals surface area contributed by atoms with Crippen molar-refractivity contribution in [1.82, 2.24) is 9.97 Å². The molecule has 0 unspecified atom stereocenters. The van der Waals surface area contributed by atoms with Crippen molar-refractivity contribution in [3.05, 3.63) is 11.9 Å². The number of nitrogens with one attached hydrogen (secondary N) is 1. The number of ether oxygens (including phenoxy) is 1. The molecule has 0 fully saturated rings. The van der Waals surface area contributed by atoms with Crippen molar-refractivity contribution >= 4 is 5.82 Å². The number of hydrazine groups is 1. The number of hydrogen-bond donors (Lipinski definition) is 3. The molecule has 6 nitrogen and oxygen atoms in total.